The van der Waals surface area contributed by atoms with Gasteiger partial charge in [-0.25, -0.2) is 4.79 Å². The molecule has 0 amide bonds. The first-order valence-corrected chi connectivity index (χ1v) is 4.18. The zero-order chi connectivity index (χ0) is 10.2. The van der Waals surface area contributed by atoms with Crippen LogP contribution in [0.5, 0.6) is 0 Å². The van der Waals surface area contributed by atoms with E-state index < -0.39 is 5.97 Å². The van der Waals surface area contributed by atoms with Gasteiger partial charge >= 0.3 is 5.97 Å². The average Bonchev–Trinajstić information content (AvgIpc) is 2.29. The van der Waals surface area contributed by atoms with E-state index in [0.29, 0.717) is 0 Å². The summed E-state index contributed by atoms with van der Waals surface area (Å²) in [5.74, 6) is -0.999. The van der Waals surface area contributed by atoms with E-state index in [1.807, 2.05) is 20.8 Å². The smallest absolute Gasteiger partial charge is 0.373 e. The lowest BCUT2D eigenvalue weighted by Gasteiger charge is -2.29. The van der Waals surface area contributed by atoms with Gasteiger partial charge in [0, 0.05) is 7.05 Å². The lowest BCUT2D eigenvalue weighted by Crippen LogP contribution is -2.36. The number of carboxylic acids is 1. The summed E-state index contributed by atoms with van der Waals surface area (Å²) >= 11 is 0. The maximum atomic E-state index is 10.6. The van der Waals surface area contributed by atoms with Crippen LogP contribution in [0.15, 0.2) is 11.8 Å². The summed E-state index contributed by atoms with van der Waals surface area (Å²) in [7, 11) is 1.74. The third-order valence-corrected chi connectivity index (χ3v) is 2.04. The van der Waals surface area contributed by atoms with Crippen molar-refractivity contribution in [1.29, 1.82) is 0 Å². The third-order valence-electron chi connectivity index (χ3n) is 2.04. The van der Waals surface area contributed by atoms with Crippen LogP contribution in [0.2, 0.25) is 0 Å². The van der Waals surface area contributed by atoms with Crippen molar-refractivity contribution in [1.82, 2.24) is 5.06 Å². The number of aliphatic carboxylic acids is 1. The molecule has 0 spiro atoms. The Morgan fingerprint density at radius 2 is 2.15 bits per heavy atom. The fourth-order valence-corrected chi connectivity index (χ4v) is 1.40. The van der Waals surface area contributed by atoms with Crippen LogP contribution in [-0.2, 0) is 9.63 Å². The molecule has 1 rings (SSSR count). The number of rotatable bonds is 1. The number of hydrogen-bond acceptors (Lipinski definition) is 3. The molecule has 1 aliphatic heterocycles. The molecule has 0 aliphatic carbocycles. The number of nitrogens with zero attached hydrogens (tertiary/aromatic N) is 1. The molecule has 4 heteroatoms. The molecule has 1 atom stereocenters. The Morgan fingerprint density at radius 3 is 2.38 bits per heavy atom. The van der Waals surface area contributed by atoms with Gasteiger partial charge in [-0.15, -0.1) is 5.06 Å². The van der Waals surface area contributed by atoms with Crippen LogP contribution in [0.1, 0.15) is 20.8 Å². The summed E-state index contributed by atoms with van der Waals surface area (Å²) in [6.07, 6.45) is 1.64. The van der Waals surface area contributed by atoms with Crippen molar-refractivity contribution in [3.63, 3.8) is 0 Å². The summed E-state index contributed by atoms with van der Waals surface area (Å²) in [4.78, 5) is 15.7. The topological polar surface area (TPSA) is 49.8 Å². The van der Waals surface area contributed by atoms with Crippen molar-refractivity contribution in [2.24, 2.45) is 5.41 Å². The minimum absolute atomic E-state index is 0.0126. The first-order valence-electron chi connectivity index (χ1n) is 4.18. The second-order valence-electron chi connectivity index (χ2n) is 4.28. The molecule has 0 bridgehead atoms. The van der Waals surface area contributed by atoms with E-state index in [1.165, 1.54) is 0 Å². The molecule has 1 heterocycles. The largest absolute Gasteiger partial charge is 0.475 e. The van der Waals surface area contributed by atoms with Crippen LogP contribution in [0.25, 0.3) is 0 Å². The van der Waals surface area contributed by atoms with Crippen molar-refractivity contribution >= 4 is 5.97 Å². The molecule has 1 unspecified atom stereocenters. The predicted octanol–water partition coefficient (Wildman–Crippen LogP) is 1.25. The minimum atomic E-state index is -1.02. The summed E-state index contributed by atoms with van der Waals surface area (Å²) in [6.45, 7) is 6.12. The first-order chi connectivity index (χ1) is 5.82. The molecular formula is C9H15NO3. The average molecular weight is 185 g/mol. The molecule has 0 radical (unpaired) electrons. The van der Waals surface area contributed by atoms with Crippen LogP contribution in [0.4, 0.5) is 0 Å². The number of hydroxylamine groups is 2. The molecule has 1 aliphatic rings. The van der Waals surface area contributed by atoms with Gasteiger partial charge in [-0.05, 0) is 11.5 Å². The lowest BCUT2D eigenvalue weighted by atomic mass is 9.86. The second-order valence-corrected chi connectivity index (χ2v) is 4.28. The normalized spacial score (nSPS) is 24.0. The molecule has 0 aromatic carbocycles. The Hall–Kier alpha value is -1.03. The highest BCUT2D eigenvalue weighted by Crippen LogP contribution is 2.30. The van der Waals surface area contributed by atoms with E-state index in [-0.39, 0.29) is 17.2 Å². The van der Waals surface area contributed by atoms with Crippen LogP contribution in [0.3, 0.4) is 0 Å². The van der Waals surface area contributed by atoms with E-state index in [4.69, 9.17) is 9.94 Å². The minimum Gasteiger partial charge on any atom is -0.475 e. The Labute approximate surface area is 77.7 Å². The van der Waals surface area contributed by atoms with Crippen LogP contribution < -0.4 is 0 Å². The zero-order valence-corrected chi connectivity index (χ0v) is 8.37. The summed E-state index contributed by atoms with van der Waals surface area (Å²) in [6, 6.07) is 0.0126. The van der Waals surface area contributed by atoms with Crippen molar-refractivity contribution in [3.8, 4) is 0 Å². The van der Waals surface area contributed by atoms with Crippen molar-refractivity contribution in [3.05, 3.63) is 11.8 Å². The van der Waals surface area contributed by atoms with Gasteiger partial charge in [0.2, 0.25) is 5.76 Å². The fraction of sp³-hybridized carbons (Fsp3) is 0.667. The highest BCUT2D eigenvalue weighted by atomic mass is 16.7. The van der Waals surface area contributed by atoms with E-state index in [1.54, 1.807) is 18.2 Å². The van der Waals surface area contributed by atoms with Gasteiger partial charge in [0.25, 0.3) is 0 Å². The van der Waals surface area contributed by atoms with E-state index in [9.17, 15) is 4.79 Å². The van der Waals surface area contributed by atoms with Gasteiger partial charge in [0.05, 0.1) is 6.04 Å². The highest BCUT2D eigenvalue weighted by Gasteiger charge is 2.35. The molecule has 13 heavy (non-hydrogen) atoms. The molecule has 0 saturated heterocycles. The Bertz CT molecular complexity index is 252. The monoisotopic (exact) mass is 185 g/mol. The van der Waals surface area contributed by atoms with Gasteiger partial charge in [-0.3, -0.25) is 0 Å². The van der Waals surface area contributed by atoms with Crippen molar-refractivity contribution in [2.75, 3.05) is 7.05 Å². The molecule has 0 aromatic heterocycles. The SMILES string of the molecule is CN1OC(C(=O)O)=CC1C(C)(C)C. The van der Waals surface area contributed by atoms with Crippen LogP contribution in [-0.4, -0.2) is 29.2 Å². The number of carboxylic acid groups (broad SMARTS) is 1. The summed E-state index contributed by atoms with van der Waals surface area (Å²) < 4.78 is 0. The van der Waals surface area contributed by atoms with Gasteiger partial charge in [0.1, 0.15) is 0 Å². The molecule has 0 aromatic rings. The number of carbonyl (C=O) groups is 1. The molecule has 4 nitrogen and oxygen atoms in total. The van der Waals surface area contributed by atoms with Gasteiger partial charge in [0.15, 0.2) is 0 Å². The van der Waals surface area contributed by atoms with Crippen LogP contribution in [0, 0.1) is 5.41 Å². The molecule has 0 saturated carbocycles. The summed E-state index contributed by atoms with van der Waals surface area (Å²) in [5, 5.41) is 10.3. The third kappa shape index (κ3) is 2.01. The van der Waals surface area contributed by atoms with Gasteiger partial charge in [-0.2, -0.15) is 0 Å². The van der Waals surface area contributed by atoms with E-state index in [0.717, 1.165) is 0 Å². The highest BCUT2D eigenvalue weighted by molar-refractivity contribution is 5.84. The quantitative estimate of drug-likeness (QED) is 0.668. The number of hydrogen-bond donors (Lipinski definition) is 1. The fourth-order valence-electron chi connectivity index (χ4n) is 1.40. The Kier molecular flexibility index (Phi) is 2.34. The molecule has 1 N–H and O–H groups in total. The maximum absolute atomic E-state index is 10.6. The molecule has 0 fully saturated rings. The van der Waals surface area contributed by atoms with Crippen molar-refractivity contribution in [2.45, 2.75) is 26.8 Å². The molecular weight excluding hydrogens is 170 g/mol. The first kappa shape index (κ1) is 10.1. The lowest BCUT2D eigenvalue weighted by molar-refractivity contribution is -0.153. The standard InChI is InChI=1S/C9H15NO3/c1-9(2,3)7-5-6(8(11)12)13-10(7)4/h5,7H,1-4H3,(H,11,12). The van der Waals surface area contributed by atoms with Gasteiger partial charge in [-0.1, -0.05) is 20.8 Å². The Morgan fingerprint density at radius 1 is 1.62 bits per heavy atom. The zero-order valence-electron chi connectivity index (χ0n) is 8.37. The van der Waals surface area contributed by atoms with E-state index in [2.05, 4.69) is 0 Å². The van der Waals surface area contributed by atoms with Crippen LogP contribution >= 0.6 is 0 Å². The van der Waals surface area contributed by atoms with Crippen molar-refractivity contribution < 1.29 is 14.7 Å². The summed E-state index contributed by atoms with van der Waals surface area (Å²) in [5.41, 5.74) is -0.0219. The maximum Gasteiger partial charge on any atom is 0.373 e. The molecule has 74 valence electrons. The Balaban J connectivity index is 2.84. The second kappa shape index (κ2) is 3.03. The van der Waals surface area contributed by atoms with Gasteiger partial charge < -0.3 is 9.94 Å². The predicted molar refractivity (Wildman–Crippen MR) is 47.8 cm³/mol. The number of likely N-dealkylation sites (N-methyl/N-ethyl adjacent to an activating group) is 1. The van der Waals surface area contributed by atoms with E-state index >= 15 is 0 Å².